The molecule has 0 bridgehead atoms. The summed E-state index contributed by atoms with van der Waals surface area (Å²) in [5, 5.41) is 13.1. The third-order valence-electron chi connectivity index (χ3n) is 3.80. The van der Waals surface area contributed by atoms with E-state index in [4.69, 9.17) is 17.0 Å². The average Bonchev–Trinajstić information content (AvgIpc) is 3.17. The fraction of sp³-hybridized carbons (Fsp3) is 0.353. The number of carbonyl (C=O) groups excluding carboxylic acids is 1. The van der Waals surface area contributed by atoms with E-state index in [0.29, 0.717) is 26.8 Å². The van der Waals surface area contributed by atoms with Crippen LogP contribution in [-0.2, 0) is 16.1 Å². The van der Waals surface area contributed by atoms with Gasteiger partial charge in [-0.1, -0.05) is 17.4 Å². The summed E-state index contributed by atoms with van der Waals surface area (Å²) in [4.78, 5) is 16.1. The van der Waals surface area contributed by atoms with E-state index in [0.717, 1.165) is 19.4 Å². The normalized spacial score (nSPS) is 17.2. The number of rotatable bonds is 5. The van der Waals surface area contributed by atoms with Gasteiger partial charge in [0, 0.05) is 19.2 Å². The molecule has 6 nitrogen and oxygen atoms in total. The van der Waals surface area contributed by atoms with Crippen molar-refractivity contribution in [1.29, 1.82) is 0 Å². The zero-order valence-electron chi connectivity index (χ0n) is 13.8. The van der Waals surface area contributed by atoms with E-state index in [1.807, 2.05) is 12.1 Å². The molecule has 1 atom stereocenters. The molecule has 0 spiro atoms. The van der Waals surface area contributed by atoms with Crippen molar-refractivity contribution in [2.24, 2.45) is 4.99 Å². The molecule has 0 unspecified atom stereocenters. The van der Waals surface area contributed by atoms with E-state index in [9.17, 15) is 9.90 Å². The van der Waals surface area contributed by atoms with Crippen molar-refractivity contribution in [3.8, 4) is 5.88 Å². The van der Waals surface area contributed by atoms with E-state index in [1.165, 1.54) is 18.3 Å². The molecule has 8 heteroatoms. The van der Waals surface area contributed by atoms with Crippen LogP contribution >= 0.6 is 23.6 Å². The lowest BCUT2D eigenvalue weighted by atomic mass is 10.2. The first kappa shape index (κ1) is 17.8. The smallest absolute Gasteiger partial charge is 0.221 e. The molecule has 1 aliphatic rings. The molecule has 0 saturated carbocycles. The Kier molecular flexibility index (Phi) is 5.62. The number of aliphatic imine (C=N–C) groups is 1. The predicted molar refractivity (Wildman–Crippen MR) is 102 cm³/mol. The second kappa shape index (κ2) is 7.90. The zero-order chi connectivity index (χ0) is 17.8. The van der Waals surface area contributed by atoms with Crippen molar-refractivity contribution >= 4 is 47.1 Å². The molecule has 0 aliphatic carbocycles. The number of carbonyl (C=O) groups is 1. The quantitative estimate of drug-likeness (QED) is 0.613. The summed E-state index contributed by atoms with van der Waals surface area (Å²) in [6, 6.07) is 7.18. The maximum absolute atomic E-state index is 11.1. The van der Waals surface area contributed by atoms with Gasteiger partial charge in [0.15, 0.2) is 3.95 Å². The van der Waals surface area contributed by atoms with Crippen molar-refractivity contribution in [3.05, 3.63) is 33.1 Å². The van der Waals surface area contributed by atoms with Crippen LogP contribution in [0.15, 0.2) is 29.3 Å². The minimum absolute atomic E-state index is 0.103. The fourth-order valence-corrected chi connectivity index (χ4v) is 3.85. The first-order valence-corrected chi connectivity index (χ1v) is 9.21. The summed E-state index contributed by atoms with van der Waals surface area (Å²) in [6.07, 6.45) is 3.72. The van der Waals surface area contributed by atoms with Crippen LogP contribution in [0.4, 0.5) is 11.4 Å². The van der Waals surface area contributed by atoms with Crippen molar-refractivity contribution in [1.82, 2.24) is 4.57 Å². The minimum atomic E-state index is -0.136. The van der Waals surface area contributed by atoms with Gasteiger partial charge in [-0.2, -0.15) is 0 Å². The van der Waals surface area contributed by atoms with Crippen molar-refractivity contribution < 1.29 is 14.6 Å². The summed E-state index contributed by atoms with van der Waals surface area (Å²) >= 11 is 6.66. The maximum atomic E-state index is 11.1. The number of ether oxygens (including phenoxy) is 1. The molecule has 132 valence electrons. The highest BCUT2D eigenvalue weighted by Gasteiger charge is 2.19. The Bertz CT molecular complexity index is 851. The number of amides is 1. The van der Waals surface area contributed by atoms with Crippen LogP contribution in [-0.4, -0.2) is 34.5 Å². The number of nitrogens with one attached hydrogen (secondary N) is 1. The molecule has 0 radical (unpaired) electrons. The van der Waals surface area contributed by atoms with Gasteiger partial charge in [0.25, 0.3) is 0 Å². The number of hydrogen-bond acceptors (Lipinski definition) is 6. The van der Waals surface area contributed by atoms with Gasteiger partial charge >= 0.3 is 0 Å². The topological polar surface area (TPSA) is 75.9 Å². The van der Waals surface area contributed by atoms with E-state index in [1.54, 1.807) is 22.9 Å². The molecule has 2 N–H and O–H groups in total. The van der Waals surface area contributed by atoms with Gasteiger partial charge in [0.05, 0.1) is 24.6 Å². The third kappa shape index (κ3) is 4.53. The van der Waals surface area contributed by atoms with Gasteiger partial charge in [-0.05, 0) is 43.3 Å². The highest BCUT2D eigenvalue weighted by molar-refractivity contribution is 7.73. The van der Waals surface area contributed by atoms with E-state index >= 15 is 0 Å². The van der Waals surface area contributed by atoms with E-state index in [2.05, 4.69) is 10.3 Å². The van der Waals surface area contributed by atoms with Crippen LogP contribution in [0.3, 0.4) is 0 Å². The highest BCUT2D eigenvalue weighted by atomic mass is 32.1. The van der Waals surface area contributed by atoms with Crippen molar-refractivity contribution in [3.63, 3.8) is 0 Å². The van der Waals surface area contributed by atoms with Crippen molar-refractivity contribution in [2.45, 2.75) is 32.4 Å². The van der Waals surface area contributed by atoms with Crippen LogP contribution in [0.25, 0.3) is 0 Å². The summed E-state index contributed by atoms with van der Waals surface area (Å²) in [6.45, 7) is 2.78. The number of anilines is 1. The van der Waals surface area contributed by atoms with Crippen LogP contribution in [0.1, 0.15) is 24.6 Å². The second-order valence-corrected chi connectivity index (χ2v) is 7.47. The van der Waals surface area contributed by atoms with Gasteiger partial charge in [0.2, 0.25) is 11.8 Å². The maximum Gasteiger partial charge on any atom is 0.221 e. The van der Waals surface area contributed by atoms with Crippen LogP contribution in [0, 0.1) is 3.95 Å². The number of nitrogens with zero attached hydrogens (tertiary/aromatic N) is 2. The van der Waals surface area contributed by atoms with Crippen LogP contribution in [0.2, 0.25) is 0 Å². The minimum Gasteiger partial charge on any atom is -0.493 e. The number of aromatic nitrogens is 1. The molecule has 1 fully saturated rings. The first-order chi connectivity index (χ1) is 12.0. The number of hydrogen-bond donors (Lipinski definition) is 2. The largest absolute Gasteiger partial charge is 0.493 e. The number of benzene rings is 1. The molecule has 1 aromatic heterocycles. The second-order valence-electron chi connectivity index (χ2n) is 5.79. The molecular formula is C17H19N3O3S2. The SMILES string of the molecule is CC(=O)Nc1cccc(N=Cc2sc(=S)n(C[C@H]3CCCO3)c2O)c1. The Morgan fingerprint density at radius 3 is 3.16 bits per heavy atom. The Labute approximate surface area is 154 Å². The van der Waals surface area contributed by atoms with Gasteiger partial charge in [-0.15, -0.1) is 0 Å². The summed E-state index contributed by atoms with van der Waals surface area (Å²) in [7, 11) is 0. The monoisotopic (exact) mass is 377 g/mol. The number of thiazole rings is 1. The molecule has 25 heavy (non-hydrogen) atoms. The van der Waals surface area contributed by atoms with Crippen LogP contribution in [0.5, 0.6) is 5.88 Å². The molecule has 1 aliphatic heterocycles. The number of aromatic hydroxyl groups is 1. The van der Waals surface area contributed by atoms with E-state index in [-0.39, 0.29) is 17.9 Å². The molecule has 2 heterocycles. The summed E-state index contributed by atoms with van der Waals surface area (Å²) in [5.74, 6) is -0.0183. The molecule has 3 rings (SSSR count). The van der Waals surface area contributed by atoms with Crippen molar-refractivity contribution in [2.75, 3.05) is 11.9 Å². The lowest BCUT2D eigenvalue weighted by Crippen LogP contribution is -2.14. The third-order valence-corrected chi connectivity index (χ3v) is 5.17. The predicted octanol–water partition coefficient (Wildman–Crippen LogP) is 3.87. The fourth-order valence-electron chi connectivity index (χ4n) is 2.65. The highest BCUT2D eigenvalue weighted by Crippen LogP contribution is 2.27. The Morgan fingerprint density at radius 2 is 2.44 bits per heavy atom. The first-order valence-electron chi connectivity index (χ1n) is 7.99. The zero-order valence-corrected chi connectivity index (χ0v) is 15.4. The Morgan fingerprint density at radius 1 is 1.60 bits per heavy atom. The van der Waals surface area contributed by atoms with Gasteiger partial charge in [-0.3, -0.25) is 14.4 Å². The average molecular weight is 377 g/mol. The van der Waals surface area contributed by atoms with Crippen LogP contribution < -0.4 is 5.32 Å². The molecule has 1 saturated heterocycles. The molecule has 2 aromatic rings. The molecule has 1 aromatic carbocycles. The Hall–Kier alpha value is -2.03. The van der Waals surface area contributed by atoms with E-state index < -0.39 is 0 Å². The van der Waals surface area contributed by atoms with Gasteiger partial charge in [-0.25, -0.2) is 0 Å². The molecule has 1 amide bonds. The summed E-state index contributed by atoms with van der Waals surface area (Å²) < 4.78 is 7.91. The Balaban J connectivity index is 1.77. The van der Waals surface area contributed by atoms with Gasteiger partial charge < -0.3 is 15.2 Å². The van der Waals surface area contributed by atoms with Gasteiger partial charge in [0.1, 0.15) is 4.88 Å². The molecular weight excluding hydrogens is 358 g/mol. The lowest BCUT2D eigenvalue weighted by molar-refractivity contribution is -0.114. The summed E-state index contributed by atoms with van der Waals surface area (Å²) in [5.41, 5.74) is 1.35. The lowest BCUT2D eigenvalue weighted by Gasteiger charge is -2.10. The standard InChI is InChI=1S/C17H19N3O3S2/c1-11(21)19-13-5-2-4-12(8-13)18-9-15-16(22)20(17(24)25-15)10-14-6-3-7-23-14/h2,4-5,8-9,14,22H,3,6-7,10H2,1H3,(H,19,21)/t14-/m1/s1.